The molecule has 7 heteroatoms. The first-order chi connectivity index (χ1) is 16.9. The molecule has 0 spiro atoms. The fraction of sp³-hybridized carbons (Fsp3) is 0.214. The minimum atomic E-state index is -0.903. The molecule has 0 fully saturated rings. The van der Waals surface area contributed by atoms with Gasteiger partial charge in [0.2, 0.25) is 0 Å². The molecule has 0 bridgehead atoms. The van der Waals surface area contributed by atoms with Gasteiger partial charge < -0.3 is 19.5 Å². The largest absolute Gasteiger partial charge is 0.490 e. The maximum atomic E-state index is 13.3. The van der Waals surface area contributed by atoms with E-state index in [9.17, 15) is 14.7 Å². The van der Waals surface area contributed by atoms with Crippen molar-refractivity contribution in [2.45, 2.75) is 19.4 Å². The molecule has 1 aromatic heterocycles. The van der Waals surface area contributed by atoms with Crippen molar-refractivity contribution in [3.8, 4) is 11.5 Å². The summed E-state index contributed by atoms with van der Waals surface area (Å²) < 4.78 is 13.6. The van der Waals surface area contributed by atoms with Gasteiger partial charge in [-0.1, -0.05) is 24.3 Å². The third-order valence-corrected chi connectivity index (χ3v) is 6.25. The lowest BCUT2D eigenvalue weighted by atomic mass is 10.1. The number of anilines is 1. The van der Waals surface area contributed by atoms with E-state index in [1.807, 2.05) is 50.4 Å². The Balaban J connectivity index is 1.30. The van der Waals surface area contributed by atoms with E-state index in [0.29, 0.717) is 29.0 Å². The topological polar surface area (TPSA) is 81.0 Å². The predicted molar refractivity (Wildman–Crippen MR) is 134 cm³/mol. The van der Waals surface area contributed by atoms with E-state index >= 15 is 0 Å². The van der Waals surface area contributed by atoms with E-state index in [2.05, 4.69) is 4.90 Å². The van der Waals surface area contributed by atoms with Crippen LogP contribution in [-0.4, -0.2) is 47.9 Å². The van der Waals surface area contributed by atoms with Crippen molar-refractivity contribution in [2.75, 3.05) is 25.1 Å². The number of carbonyl (C=O) groups excluding carboxylic acids is 1. The van der Waals surface area contributed by atoms with Gasteiger partial charge in [0.05, 0.1) is 24.2 Å². The number of benzene rings is 3. The van der Waals surface area contributed by atoms with Crippen molar-refractivity contribution in [3.63, 3.8) is 0 Å². The van der Waals surface area contributed by atoms with Crippen LogP contribution in [0.2, 0.25) is 0 Å². The van der Waals surface area contributed by atoms with Gasteiger partial charge in [0.15, 0.2) is 0 Å². The Hall–Kier alpha value is -4.26. The molecule has 2 heterocycles. The highest BCUT2D eigenvalue weighted by Gasteiger charge is 2.24. The number of likely N-dealkylation sites (N-methyl/N-ethyl adjacent to an activating group) is 1. The first-order valence-corrected chi connectivity index (χ1v) is 11.5. The number of carbonyl (C=O) groups is 2. The van der Waals surface area contributed by atoms with Gasteiger partial charge in [-0.2, -0.15) is 0 Å². The molecule has 0 unspecified atom stereocenters. The molecule has 5 rings (SSSR count). The summed E-state index contributed by atoms with van der Waals surface area (Å²) in [5.41, 5.74) is 3.72. The molecular weight excluding hydrogens is 444 g/mol. The zero-order valence-electron chi connectivity index (χ0n) is 19.6. The second-order valence-electron chi connectivity index (χ2n) is 8.77. The third kappa shape index (κ3) is 4.45. The average molecular weight is 471 g/mol. The summed E-state index contributed by atoms with van der Waals surface area (Å²) in [5.74, 6) is 0.422. The molecule has 0 radical (unpaired) electrons. The van der Waals surface area contributed by atoms with Crippen molar-refractivity contribution in [3.05, 3.63) is 89.6 Å². The maximum absolute atomic E-state index is 13.3. The van der Waals surface area contributed by atoms with Crippen LogP contribution in [0.15, 0.2) is 72.8 Å². The van der Waals surface area contributed by atoms with Crippen molar-refractivity contribution < 1.29 is 24.2 Å². The van der Waals surface area contributed by atoms with Gasteiger partial charge in [0.25, 0.3) is 5.91 Å². The molecule has 4 aromatic rings. The molecule has 1 N–H and O–H groups in total. The van der Waals surface area contributed by atoms with Crippen LogP contribution in [0.5, 0.6) is 11.5 Å². The SMILES string of the molecule is Cc1cc2c(CC(=O)O)cccc2n1C(=O)c1ccc(OC[C@H]2CN(C)c3ccccc3O2)cc1. The highest BCUT2D eigenvalue weighted by molar-refractivity contribution is 6.04. The normalized spacial score (nSPS) is 14.9. The van der Waals surface area contributed by atoms with E-state index in [1.54, 1.807) is 41.0 Å². The first kappa shape index (κ1) is 22.5. The van der Waals surface area contributed by atoms with Crippen LogP contribution in [0.25, 0.3) is 10.9 Å². The number of aromatic nitrogens is 1. The number of carboxylic acids is 1. The van der Waals surface area contributed by atoms with Crippen LogP contribution in [-0.2, 0) is 11.2 Å². The summed E-state index contributed by atoms with van der Waals surface area (Å²) in [6, 6.07) is 22.2. The van der Waals surface area contributed by atoms with Crippen molar-refractivity contribution in [2.24, 2.45) is 0 Å². The number of fused-ring (bicyclic) bond motifs is 2. The number of carboxylic acid groups (broad SMARTS) is 1. The minimum absolute atomic E-state index is 0.0902. The summed E-state index contributed by atoms with van der Waals surface area (Å²) in [6.07, 6.45) is -0.197. The summed E-state index contributed by atoms with van der Waals surface area (Å²) >= 11 is 0. The Morgan fingerprint density at radius 1 is 1.06 bits per heavy atom. The molecule has 0 aliphatic carbocycles. The molecule has 0 amide bonds. The van der Waals surface area contributed by atoms with Crippen molar-refractivity contribution in [1.82, 2.24) is 4.57 Å². The van der Waals surface area contributed by atoms with E-state index < -0.39 is 5.97 Å². The number of hydrogen-bond donors (Lipinski definition) is 1. The molecule has 35 heavy (non-hydrogen) atoms. The van der Waals surface area contributed by atoms with Gasteiger partial charge >= 0.3 is 5.97 Å². The zero-order chi connectivity index (χ0) is 24.5. The van der Waals surface area contributed by atoms with Crippen LogP contribution in [0.1, 0.15) is 21.6 Å². The van der Waals surface area contributed by atoms with Gasteiger partial charge in [-0.3, -0.25) is 14.2 Å². The Morgan fingerprint density at radius 3 is 2.60 bits per heavy atom. The molecule has 3 aromatic carbocycles. The molecule has 178 valence electrons. The smallest absolute Gasteiger partial charge is 0.307 e. The number of aryl methyl sites for hydroxylation is 1. The standard InChI is InChI=1S/C28H26N2O5/c1-18-14-23-20(15-27(31)32)6-5-8-24(23)30(18)28(33)19-10-12-21(13-11-19)34-17-22-16-29(2)25-7-3-4-9-26(25)35-22/h3-14,22H,15-17H2,1-2H3,(H,31,32)/t22-/m1/s1. The number of hydrogen-bond acceptors (Lipinski definition) is 5. The van der Waals surface area contributed by atoms with Crippen molar-refractivity contribution in [1.29, 1.82) is 0 Å². The molecular formula is C28H26N2O5. The number of para-hydroxylation sites is 2. The summed E-state index contributed by atoms with van der Waals surface area (Å²) in [5, 5.41) is 9.98. The summed E-state index contributed by atoms with van der Waals surface area (Å²) in [6.45, 7) is 2.95. The van der Waals surface area contributed by atoms with Crippen LogP contribution in [0.3, 0.4) is 0 Å². The van der Waals surface area contributed by atoms with Crippen LogP contribution < -0.4 is 14.4 Å². The van der Waals surface area contributed by atoms with Gasteiger partial charge in [-0.15, -0.1) is 0 Å². The summed E-state index contributed by atoms with van der Waals surface area (Å²) in [4.78, 5) is 26.7. The highest BCUT2D eigenvalue weighted by atomic mass is 16.5. The van der Waals surface area contributed by atoms with Gasteiger partial charge in [-0.25, -0.2) is 0 Å². The quantitative estimate of drug-likeness (QED) is 0.446. The molecule has 0 saturated carbocycles. The van der Waals surface area contributed by atoms with Crippen LogP contribution in [0, 0.1) is 6.92 Å². The number of aliphatic carboxylic acids is 1. The minimum Gasteiger partial charge on any atom is -0.490 e. The highest BCUT2D eigenvalue weighted by Crippen LogP contribution is 2.32. The van der Waals surface area contributed by atoms with E-state index in [-0.39, 0.29) is 18.4 Å². The number of ether oxygens (including phenoxy) is 2. The third-order valence-electron chi connectivity index (χ3n) is 6.25. The van der Waals surface area contributed by atoms with E-state index in [4.69, 9.17) is 9.47 Å². The van der Waals surface area contributed by atoms with Crippen LogP contribution in [0.4, 0.5) is 5.69 Å². The van der Waals surface area contributed by atoms with E-state index in [0.717, 1.165) is 29.1 Å². The van der Waals surface area contributed by atoms with Gasteiger partial charge in [-0.05, 0) is 61.0 Å². The second kappa shape index (κ2) is 9.18. The lowest BCUT2D eigenvalue weighted by Crippen LogP contribution is -2.41. The first-order valence-electron chi connectivity index (χ1n) is 11.5. The fourth-order valence-electron chi connectivity index (χ4n) is 4.60. The lowest BCUT2D eigenvalue weighted by Gasteiger charge is -2.33. The monoisotopic (exact) mass is 470 g/mol. The molecule has 0 saturated heterocycles. The lowest BCUT2D eigenvalue weighted by molar-refractivity contribution is -0.136. The van der Waals surface area contributed by atoms with E-state index in [1.165, 1.54) is 0 Å². The number of nitrogens with zero attached hydrogens (tertiary/aromatic N) is 2. The molecule has 1 aliphatic rings. The Labute approximate surface area is 203 Å². The molecule has 1 atom stereocenters. The molecule has 1 aliphatic heterocycles. The molecule has 7 nitrogen and oxygen atoms in total. The zero-order valence-corrected chi connectivity index (χ0v) is 19.6. The van der Waals surface area contributed by atoms with Crippen molar-refractivity contribution >= 4 is 28.5 Å². The maximum Gasteiger partial charge on any atom is 0.307 e. The second-order valence-corrected chi connectivity index (χ2v) is 8.77. The Morgan fingerprint density at radius 2 is 1.83 bits per heavy atom. The fourth-order valence-corrected chi connectivity index (χ4v) is 4.60. The van der Waals surface area contributed by atoms with Gasteiger partial charge in [0.1, 0.15) is 24.2 Å². The van der Waals surface area contributed by atoms with Gasteiger partial charge in [0, 0.05) is 23.7 Å². The predicted octanol–water partition coefficient (Wildman–Crippen LogP) is 4.54. The Kier molecular flexibility index (Phi) is 5.91. The van der Waals surface area contributed by atoms with Crippen LogP contribution >= 0.6 is 0 Å². The average Bonchev–Trinajstić information content (AvgIpc) is 3.19. The number of rotatable bonds is 6. The Bertz CT molecular complexity index is 1410. The summed E-state index contributed by atoms with van der Waals surface area (Å²) in [7, 11) is 2.03.